The predicted molar refractivity (Wildman–Crippen MR) is 59.8 cm³/mol. The van der Waals surface area contributed by atoms with Crippen molar-refractivity contribution in [1.82, 2.24) is 0 Å². The Bertz CT molecular complexity index is 334. The standard InChI is InChI=1S/C11H13BrO2/c1-8-5-6-9(4-3-7-13)11(14-2)10(8)12/h5-7H,3-4H2,1-2H3. The Balaban J connectivity index is 3.03. The molecule has 2 nitrogen and oxygen atoms in total. The van der Waals surface area contributed by atoms with Crippen LogP contribution in [-0.4, -0.2) is 13.4 Å². The van der Waals surface area contributed by atoms with E-state index < -0.39 is 0 Å². The van der Waals surface area contributed by atoms with E-state index in [1.807, 2.05) is 19.1 Å². The number of methoxy groups -OCH3 is 1. The molecule has 0 atom stereocenters. The Hall–Kier alpha value is -0.830. The van der Waals surface area contributed by atoms with Crippen molar-refractivity contribution in [3.8, 4) is 5.75 Å². The molecule has 0 saturated heterocycles. The molecule has 1 rings (SSSR count). The third kappa shape index (κ3) is 2.35. The van der Waals surface area contributed by atoms with Crippen LogP contribution in [0.1, 0.15) is 17.5 Å². The van der Waals surface area contributed by atoms with Crippen LogP contribution in [0, 0.1) is 6.92 Å². The SMILES string of the molecule is COc1c(CCC=O)ccc(C)c1Br. The first-order valence-electron chi connectivity index (χ1n) is 4.46. The van der Waals surface area contributed by atoms with Gasteiger partial charge in [0.05, 0.1) is 11.6 Å². The quantitative estimate of drug-likeness (QED) is 0.775. The van der Waals surface area contributed by atoms with Gasteiger partial charge in [-0.1, -0.05) is 12.1 Å². The lowest BCUT2D eigenvalue weighted by Crippen LogP contribution is -1.95. The zero-order chi connectivity index (χ0) is 10.6. The maximum atomic E-state index is 10.3. The van der Waals surface area contributed by atoms with Crippen molar-refractivity contribution in [3.05, 3.63) is 27.7 Å². The van der Waals surface area contributed by atoms with Crippen LogP contribution < -0.4 is 4.74 Å². The molecular weight excluding hydrogens is 244 g/mol. The molecule has 0 aliphatic rings. The maximum Gasteiger partial charge on any atom is 0.136 e. The van der Waals surface area contributed by atoms with Gasteiger partial charge in [0.2, 0.25) is 0 Å². The minimum atomic E-state index is 0.534. The Morgan fingerprint density at radius 2 is 2.21 bits per heavy atom. The van der Waals surface area contributed by atoms with Crippen molar-refractivity contribution in [2.75, 3.05) is 7.11 Å². The molecule has 0 amide bonds. The fraction of sp³-hybridized carbons (Fsp3) is 0.364. The molecule has 0 fully saturated rings. The van der Waals surface area contributed by atoms with E-state index >= 15 is 0 Å². The number of benzene rings is 1. The summed E-state index contributed by atoms with van der Waals surface area (Å²) in [7, 11) is 1.64. The van der Waals surface area contributed by atoms with Crippen molar-refractivity contribution in [2.45, 2.75) is 19.8 Å². The van der Waals surface area contributed by atoms with Gasteiger partial charge in [-0.25, -0.2) is 0 Å². The normalized spacial score (nSPS) is 9.93. The number of carbonyl (C=O) groups is 1. The molecule has 0 saturated carbocycles. The van der Waals surface area contributed by atoms with Crippen molar-refractivity contribution in [1.29, 1.82) is 0 Å². The van der Waals surface area contributed by atoms with Gasteiger partial charge >= 0.3 is 0 Å². The van der Waals surface area contributed by atoms with E-state index in [1.54, 1.807) is 7.11 Å². The minimum absolute atomic E-state index is 0.534. The van der Waals surface area contributed by atoms with Crippen LogP contribution in [0.25, 0.3) is 0 Å². The number of halogens is 1. The number of rotatable bonds is 4. The lowest BCUT2D eigenvalue weighted by atomic mass is 10.1. The molecule has 0 radical (unpaired) electrons. The van der Waals surface area contributed by atoms with Gasteiger partial charge in [-0.05, 0) is 40.4 Å². The number of ether oxygens (including phenoxy) is 1. The van der Waals surface area contributed by atoms with Crippen LogP contribution in [0.3, 0.4) is 0 Å². The highest BCUT2D eigenvalue weighted by Crippen LogP contribution is 2.32. The second kappa shape index (κ2) is 5.15. The fourth-order valence-electron chi connectivity index (χ4n) is 1.33. The summed E-state index contributed by atoms with van der Waals surface area (Å²) in [5.74, 6) is 0.840. The van der Waals surface area contributed by atoms with Gasteiger partial charge in [0.1, 0.15) is 12.0 Å². The zero-order valence-corrected chi connectivity index (χ0v) is 9.93. The van der Waals surface area contributed by atoms with Crippen LogP contribution in [0.2, 0.25) is 0 Å². The smallest absolute Gasteiger partial charge is 0.136 e. The fourth-order valence-corrected chi connectivity index (χ4v) is 1.88. The van der Waals surface area contributed by atoms with Crippen molar-refractivity contribution in [3.63, 3.8) is 0 Å². The van der Waals surface area contributed by atoms with Crippen molar-refractivity contribution < 1.29 is 9.53 Å². The molecule has 1 aromatic rings. The first-order valence-corrected chi connectivity index (χ1v) is 5.25. The van der Waals surface area contributed by atoms with Gasteiger partial charge in [0, 0.05) is 6.42 Å². The highest BCUT2D eigenvalue weighted by atomic mass is 79.9. The average Bonchev–Trinajstić information content (AvgIpc) is 2.20. The predicted octanol–water partition coefficient (Wildman–Crippen LogP) is 2.90. The second-order valence-corrected chi connectivity index (χ2v) is 3.89. The molecular formula is C11H13BrO2. The Morgan fingerprint density at radius 3 is 2.79 bits per heavy atom. The molecule has 0 bridgehead atoms. The van der Waals surface area contributed by atoms with Crippen LogP contribution in [0.4, 0.5) is 0 Å². The average molecular weight is 257 g/mol. The Kier molecular flexibility index (Phi) is 4.14. The monoisotopic (exact) mass is 256 g/mol. The van der Waals surface area contributed by atoms with Gasteiger partial charge < -0.3 is 9.53 Å². The molecule has 0 aliphatic heterocycles. The third-order valence-corrected chi connectivity index (χ3v) is 3.09. The first-order chi connectivity index (χ1) is 6.70. The summed E-state index contributed by atoms with van der Waals surface area (Å²) in [6, 6.07) is 4.02. The van der Waals surface area contributed by atoms with Crippen molar-refractivity contribution in [2.24, 2.45) is 0 Å². The largest absolute Gasteiger partial charge is 0.495 e. The molecule has 0 N–H and O–H groups in total. The molecule has 0 aliphatic carbocycles. The number of aldehydes is 1. The maximum absolute atomic E-state index is 10.3. The zero-order valence-electron chi connectivity index (χ0n) is 8.34. The van der Waals surface area contributed by atoms with Gasteiger partial charge in [0.15, 0.2) is 0 Å². The summed E-state index contributed by atoms with van der Waals surface area (Å²) < 4.78 is 6.27. The lowest BCUT2D eigenvalue weighted by Gasteiger charge is -2.11. The van der Waals surface area contributed by atoms with E-state index in [0.717, 1.165) is 34.1 Å². The first kappa shape index (κ1) is 11.2. The molecule has 3 heteroatoms. The molecule has 0 heterocycles. The molecule has 1 aromatic carbocycles. The summed E-state index contributed by atoms with van der Waals surface area (Å²) in [6.45, 7) is 2.01. The summed E-state index contributed by atoms with van der Waals surface area (Å²) in [6.07, 6.45) is 2.19. The summed E-state index contributed by atoms with van der Waals surface area (Å²) in [5, 5.41) is 0. The van der Waals surface area contributed by atoms with E-state index in [1.165, 1.54) is 0 Å². The van der Waals surface area contributed by atoms with Gasteiger partial charge in [-0.2, -0.15) is 0 Å². The summed E-state index contributed by atoms with van der Waals surface area (Å²) >= 11 is 3.47. The number of aryl methyl sites for hydroxylation is 2. The van der Waals surface area contributed by atoms with E-state index in [9.17, 15) is 4.79 Å². The summed E-state index contributed by atoms with van der Waals surface area (Å²) in [5.41, 5.74) is 2.20. The topological polar surface area (TPSA) is 26.3 Å². The Morgan fingerprint density at radius 1 is 1.50 bits per heavy atom. The lowest BCUT2D eigenvalue weighted by molar-refractivity contribution is -0.107. The van der Waals surface area contributed by atoms with Gasteiger partial charge in [-0.15, -0.1) is 0 Å². The highest BCUT2D eigenvalue weighted by Gasteiger charge is 2.08. The second-order valence-electron chi connectivity index (χ2n) is 3.09. The Labute approximate surface area is 92.4 Å². The molecule has 0 aromatic heterocycles. The highest BCUT2D eigenvalue weighted by molar-refractivity contribution is 9.10. The molecule has 0 spiro atoms. The van der Waals surface area contributed by atoms with E-state index in [0.29, 0.717) is 6.42 Å². The minimum Gasteiger partial charge on any atom is -0.495 e. The van der Waals surface area contributed by atoms with Crippen LogP contribution in [0.5, 0.6) is 5.75 Å². The van der Waals surface area contributed by atoms with E-state index in [4.69, 9.17) is 4.74 Å². The van der Waals surface area contributed by atoms with E-state index in [2.05, 4.69) is 15.9 Å². The molecule has 76 valence electrons. The van der Waals surface area contributed by atoms with E-state index in [-0.39, 0.29) is 0 Å². The molecule has 14 heavy (non-hydrogen) atoms. The van der Waals surface area contributed by atoms with Crippen molar-refractivity contribution >= 4 is 22.2 Å². The van der Waals surface area contributed by atoms with Crippen LogP contribution in [0.15, 0.2) is 16.6 Å². The van der Waals surface area contributed by atoms with Gasteiger partial charge in [-0.3, -0.25) is 0 Å². The number of hydrogen-bond acceptors (Lipinski definition) is 2. The van der Waals surface area contributed by atoms with Crippen LogP contribution >= 0.6 is 15.9 Å². The van der Waals surface area contributed by atoms with Gasteiger partial charge in [0.25, 0.3) is 0 Å². The number of hydrogen-bond donors (Lipinski definition) is 0. The summed E-state index contributed by atoms with van der Waals surface area (Å²) in [4.78, 5) is 10.3. The number of carbonyl (C=O) groups excluding carboxylic acids is 1. The molecule has 0 unspecified atom stereocenters. The van der Waals surface area contributed by atoms with Crippen LogP contribution in [-0.2, 0) is 11.2 Å². The third-order valence-electron chi connectivity index (χ3n) is 2.11.